The fourth-order valence-corrected chi connectivity index (χ4v) is 0.460. The molecule has 0 saturated carbocycles. The third-order valence-electron chi connectivity index (χ3n) is 1.06. The van der Waals surface area contributed by atoms with E-state index in [-0.39, 0.29) is 6.61 Å². The molecule has 2 heteroatoms. The zero-order valence-corrected chi connectivity index (χ0v) is 5.22. The summed E-state index contributed by atoms with van der Waals surface area (Å²) in [5, 5.41) is 17.5. The number of rotatable bonds is 3. The first-order chi connectivity index (χ1) is 3.62. The van der Waals surface area contributed by atoms with E-state index in [1.807, 2.05) is 0 Å². The maximum Gasteiger partial charge on any atom is 0.0849 e. The monoisotopic (exact) mass is 117 g/mol. The summed E-state index contributed by atoms with van der Waals surface area (Å²) >= 11 is 0. The Hall–Kier alpha value is -0.0800. The highest BCUT2D eigenvalue weighted by Crippen LogP contribution is 2.08. The molecule has 0 heterocycles. The maximum absolute atomic E-state index is 9.03. The van der Waals surface area contributed by atoms with Crippen molar-refractivity contribution in [2.24, 2.45) is 0 Å². The number of hydrogen-bond donors (Lipinski definition) is 2. The van der Waals surface area contributed by atoms with Crippen LogP contribution in [0.3, 0.4) is 0 Å². The molecule has 0 bridgehead atoms. The van der Waals surface area contributed by atoms with Gasteiger partial charge in [-0.3, -0.25) is 0 Å². The lowest BCUT2D eigenvalue weighted by Crippen LogP contribution is -2.28. The molecule has 0 aliphatic rings. The zero-order chi connectivity index (χ0) is 6.62. The van der Waals surface area contributed by atoms with Crippen LogP contribution in [0, 0.1) is 6.92 Å². The summed E-state index contributed by atoms with van der Waals surface area (Å²) in [7, 11) is 0. The molecule has 0 aromatic rings. The Balaban J connectivity index is 3.37. The molecule has 0 aromatic carbocycles. The number of aliphatic hydroxyl groups is 2. The molecule has 1 radical (unpaired) electrons. The molecule has 0 amide bonds. The lowest BCUT2D eigenvalue weighted by atomic mass is 10.0. The third-order valence-corrected chi connectivity index (χ3v) is 1.06. The van der Waals surface area contributed by atoms with Crippen molar-refractivity contribution >= 4 is 0 Å². The summed E-state index contributed by atoms with van der Waals surface area (Å²) in [4.78, 5) is 0. The zero-order valence-electron chi connectivity index (χ0n) is 5.22. The van der Waals surface area contributed by atoms with E-state index >= 15 is 0 Å². The van der Waals surface area contributed by atoms with Crippen molar-refractivity contribution < 1.29 is 10.2 Å². The van der Waals surface area contributed by atoms with Gasteiger partial charge in [-0.05, 0) is 13.3 Å². The second-order valence-electron chi connectivity index (χ2n) is 2.26. The van der Waals surface area contributed by atoms with Crippen LogP contribution in [0.25, 0.3) is 0 Å². The predicted octanol–water partition coefficient (Wildman–Crippen LogP) is 0.344. The standard InChI is InChI=1S/C6H13O2/c1-3-4-6(2,8)5-7/h7-8H,1,3-5H2,2H3. The van der Waals surface area contributed by atoms with Crippen molar-refractivity contribution in [3.8, 4) is 0 Å². The molecule has 1 unspecified atom stereocenters. The van der Waals surface area contributed by atoms with Gasteiger partial charge in [-0.25, -0.2) is 0 Å². The topological polar surface area (TPSA) is 40.5 Å². The Bertz CT molecular complexity index is 59.5. The van der Waals surface area contributed by atoms with Crippen LogP contribution in [-0.2, 0) is 0 Å². The highest BCUT2D eigenvalue weighted by molar-refractivity contribution is 4.70. The summed E-state index contributed by atoms with van der Waals surface area (Å²) < 4.78 is 0. The summed E-state index contributed by atoms with van der Waals surface area (Å²) in [5.41, 5.74) is -0.915. The van der Waals surface area contributed by atoms with Gasteiger partial charge >= 0.3 is 0 Å². The lowest BCUT2D eigenvalue weighted by molar-refractivity contribution is -0.00433. The largest absolute Gasteiger partial charge is 0.393 e. The van der Waals surface area contributed by atoms with Crippen LogP contribution in [0.5, 0.6) is 0 Å². The highest BCUT2D eigenvalue weighted by Gasteiger charge is 2.16. The van der Waals surface area contributed by atoms with E-state index in [0.717, 1.165) is 0 Å². The first kappa shape index (κ1) is 7.92. The summed E-state index contributed by atoms with van der Waals surface area (Å²) in [6.07, 6.45) is 1.22. The molecule has 2 N–H and O–H groups in total. The highest BCUT2D eigenvalue weighted by atomic mass is 16.3. The van der Waals surface area contributed by atoms with Crippen molar-refractivity contribution in [1.82, 2.24) is 0 Å². The smallest absolute Gasteiger partial charge is 0.0849 e. The van der Waals surface area contributed by atoms with Gasteiger partial charge in [-0.2, -0.15) is 0 Å². The second-order valence-corrected chi connectivity index (χ2v) is 2.26. The van der Waals surface area contributed by atoms with Crippen molar-refractivity contribution in [2.75, 3.05) is 6.61 Å². The van der Waals surface area contributed by atoms with E-state index in [0.29, 0.717) is 12.8 Å². The number of aliphatic hydroxyl groups excluding tert-OH is 1. The average molecular weight is 117 g/mol. The van der Waals surface area contributed by atoms with Gasteiger partial charge in [-0.15, -0.1) is 0 Å². The van der Waals surface area contributed by atoms with Gasteiger partial charge in [0.25, 0.3) is 0 Å². The molecule has 0 spiro atoms. The molecule has 0 aliphatic heterocycles. The Morgan fingerprint density at radius 3 is 2.25 bits per heavy atom. The Labute approximate surface area is 50.2 Å². The molecule has 8 heavy (non-hydrogen) atoms. The maximum atomic E-state index is 9.03. The molecule has 2 nitrogen and oxygen atoms in total. The normalized spacial score (nSPS) is 18.0. The van der Waals surface area contributed by atoms with Crippen LogP contribution in [0.4, 0.5) is 0 Å². The van der Waals surface area contributed by atoms with Crippen LogP contribution in [0.15, 0.2) is 0 Å². The van der Waals surface area contributed by atoms with Gasteiger partial charge in [0.2, 0.25) is 0 Å². The average Bonchev–Trinajstić information content (AvgIpc) is 1.67. The molecule has 0 aromatic heterocycles. The molecule has 0 saturated heterocycles. The van der Waals surface area contributed by atoms with E-state index in [9.17, 15) is 0 Å². The Morgan fingerprint density at radius 2 is 2.12 bits per heavy atom. The van der Waals surface area contributed by atoms with Gasteiger partial charge in [0.15, 0.2) is 0 Å². The van der Waals surface area contributed by atoms with Crippen molar-refractivity contribution in [2.45, 2.75) is 25.4 Å². The fourth-order valence-electron chi connectivity index (χ4n) is 0.460. The summed E-state index contributed by atoms with van der Waals surface area (Å²) in [6.45, 7) is 4.97. The molecule has 1 atom stereocenters. The molecule has 0 aliphatic carbocycles. The minimum absolute atomic E-state index is 0.178. The first-order valence-electron chi connectivity index (χ1n) is 2.75. The molecule has 0 fully saturated rings. The third kappa shape index (κ3) is 2.99. The molecule has 49 valence electrons. The SMILES string of the molecule is [CH2]CCC(C)(O)CO. The van der Waals surface area contributed by atoms with Gasteiger partial charge in [0.1, 0.15) is 0 Å². The van der Waals surface area contributed by atoms with E-state index in [1.54, 1.807) is 6.92 Å². The van der Waals surface area contributed by atoms with E-state index in [1.165, 1.54) is 0 Å². The molecule has 0 rings (SSSR count). The molecular formula is C6H13O2. The minimum Gasteiger partial charge on any atom is -0.393 e. The van der Waals surface area contributed by atoms with Crippen molar-refractivity contribution in [3.05, 3.63) is 6.92 Å². The van der Waals surface area contributed by atoms with Gasteiger partial charge in [0, 0.05) is 0 Å². The van der Waals surface area contributed by atoms with Crippen LogP contribution in [-0.4, -0.2) is 22.4 Å². The van der Waals surface area contributed by atoms with Crippen LogP contribution < -0.4 is 0 Å². The fraction of sp³-hybridized carbons (Fsp3) is 0.833. The molecular weight excluding hydrogens is 104 g/mol. The van der Waals surface area contributed by atoms with Crippen LogP contribution in [0.1, 0.15) is 19.8 Å². The predicted molar refractivity (Wildman–Crippen MR) is 32.3 cm³/mol. The lowest BCUT2D eigenvalue weighted by Gasteiger charge is -2.18. The van der Waals surface area contributed by atoms with E-state index < -0.39 is 5.60 Å². The van der Waals surface area contributed by atoms with Crippen LogP contribution in [0.2, 0.25) is 0 Å². The van der Waals surface area contributed by atoms with E-state index in [4.69, 9.17) is 10.2 Å². The minimum atomic E-state index is -0.915. The van der Waals surface area contributed by atoms with Crippen molar-refractivity contribution in [1.29, 1.82) is 0 Å². The Kier molecular flexibility index (Phi) is 3.02. The summed E-state index contributed by atoms with van der Waals surface area (Å²) in [6, 6.07) is 0. The second kappa shape index (κ2) is 3.05. The quantitative estimate of drug-likeness (QED) is 0.559. The van der Waals surface area contributed by atoms with Gasteiger partial charge in [0.05, 0.1) is 12.2 Å². The number of hydrogen-bond acceptors (Lipinski definition) is 2. The van der Waals surface area contributed by atoms with Crippen LogP contribution >= 0.6 is 0 Å². The van der Waals surface area contributed by atoms with Crippen molar-refractivity contribution in [3.63, 3.8) is 0 Å². The van der Waals surface area contributed by atoms with E-state index in [2.05, 4.69) is 6.92 Å². The Morgan fingerprint density at radius 1 is 1.62 bits per heavy atom. The van der Waals surface area contributed by atoms with Gasteiger partial charge in [-0.1, -0.05) is 13.3 Å². The van der Waals surface area contributed by atoms with Gasteiger partial charge < -0.3 is 10.2 Å². The first-order valence-corrected chi connectivity index (χ1v) is 2.75. The summed E-state index contributed by atoms with van der Waals surface area (Å²) in [5.74, 6) is 0.